The molecule has 1 heterocycles. The van der Waals surface area contributed by atoms with Crippen LogP contribution in [-0.4, -0.2) is 9.97 Å². The Morgan fingerprint density at radius 3 is 2.11 bits per heavy atom. The number of benzene rings is 1. The van der Waals surface area contributed by atoms with Gasteiger partial charge in [-0.15, -0.1) is 0 Å². The molecule has 0 spiro atoms. The Bertz CT molecular complexity index is 556. The van der Waals surface area contributed by atoms with Crippen LogP contribution in [0, 0.1) is 27.7 Å². The monoisotopic (exact) mass is 243 g/mol. The second-order valence-corrected chi connectivity index (χ2v) is 5.16. The topological polar surface area (TPSA) is 54.7 Å². The lowest BCUT2D eigenvalue weighted by molar-refractivity contribution is 0.754. The van der Waals surface area contributed by atoms with Gasteiger partial charge in [-0.25, -0.2) is 4.98 Å². The van der Waals surface area contributed by atoms with Crippen molar-refractivity contribution in [2.45, 2.75) is 40.7 Å². The summed E-state index contributed by atoms with van der Waals surface area (Å²) in [6.07, 6.45) is 0. The molecule has 3 N–H and O–H groups in total. The van der Waals surface area contributed by atoms with E-state index in [2.05, 4.69) is 42.9 Å². The van der Waals surface area contributed by atoms with Gasteiger partial charge in [-0.2, -0.15) is 0 Å². The highest BCUT2D eigenvalue weighted by molar-refractivity contribution is 5.70. The molecule has 0 fully saturated rings. The molecule has 1 unspecified atom stereocenters. The van der Waals surface area contributed by atoms with Crippen LogP contribution in [0.3, 0.4) is 0 Å². The lowest BCUT2D eigenvalue weighted by Gasteiger charge is -2.10. The average molecular weight is 243 g/mol. The maximum absolute atomic E-state index is 5.88. The third-order valence-electron chi connectivity index (χ3n) is 3.25. The lowest BCUT2D eigenvalue weighted by Crippen LogP contribution is -2.06. The molecule has 0 amide bonds. The molecule has 1 aromatic heterocycles. The quantitative estimate of drug-likeness (QED) is 0.850. The Hall–Kier alpha value is -1.61. The lowest BCUT2D eigenvalue weighted by atomic mass is 9.96. The first-order valence-electron chi connectivity index (χ1n) is 6.30. The van der Waals surface area contributed by atoms with Crippen LogP contribution >= 0.6 is 0 Å². The minimum atomic E-state index is -0.0662. The van der Waals surface area contributed by atoms with E-state index in [0.717, 1.165) is 17.2 Å². The van der Waals surface area contributed by atoms with Gasteiger partial charge < -0.3 is 10.7 Å². The van der Waals surface area contributed by atoms with Gasteiger partial charge >= 0.3 is 0 Å². The summed E-state index contributed by atoms with van der Waals surface area (Å²) in [7, 11) is 0. The molecule has 2 rings (SSSR count). The van der Waals surface area contributed by atoms with Crippen molar-refractivity contribution in [3.8, 4) is 11.3 Å². The van der Waals surface area contributed by atoms with Crippen LogP contribution in [0.25, 0.3) is 11.3 Å². The van der Waals surface area contributed by atoms with Crippen molar-refractivity contribution in [2.75, 3.05) is 0 Å². The van der Waals surface area contributed by atoms with Gasteiger partial charge in [0, 0.05) is 11.3 Å². The van der Waals surface area contributed by atoms with Crippen molar-refractivity contribution >= 4 is 0 Å². The molecular weight excluding hydrogens is 222 g/mol. The molecule has 0 saturated heterocycles. The van der Waals surface area contributed by atoms with Gasteiger partial charge in [0.05, 0.1) is 11.7 Å². The fraction of sp³-hybridized carbons (Fsp3) is 0.400. The zero-order chi connectivity index (χ0) is 13.4. The number of nitrogens with zero attached hydrogens (tertiary/aromatic N) is 1. The van der Waals surface area contributed by atoms with E-state index in [1.807, 2.05) is 13.8 Å². The Balaban J connectivity index is 2.62. The van der Waals surface area contributed by atoms with Gasteiger partial charge in [0.25, 0.3) is 0 Å². The summed E-state index contributed by atoms with van der Waals surface area (Å²) in [4.78, 5) is 7.93. The third-order valence-corrected chi connectivity index (χ3v) is 3.25. The van der Waals surface area contributed by atoms with Crippen molar-refractivity contribution in [3.63, 3.8) is 0 Å². The van der Waals surface area contributed by atoms with Gasteiger partial charge in [0.1, 0.15) is 5.82 Å². The first-order chi connectivity index (χ1) is 8.40. The van der Waals surface area contributed by atoms with Gasteiger partial charge in [-0.3, -0.25) is 0 Å². The molecule has 3 nitrogen and oxygen atoms in total. The predicted octanol–water partition coefficient (Wildman–Crippen LogP) is 3.33. The zero-order valence-corrected chi connectivity index (χ0v) is 11.8. The molecule has 1 atom stereocenters. The maximum Gasteiger partial charge on any atom is 0.123 e. The van der Waals surface area contributed by atoms with E-state index in [9.17, 15) is 0 Å². The van der Waals surface area contributed by atoms with Crippen LogP contribution in [0.15, 0.2) is 12.1 Å². The van der Waals surface area contributed by atoms with E-state index in [1.165, 1.54) is 22.3 Å². The van der Waals surface area contributed by atoms with E-state index in [4.69, 9.17) is 5.73 Å². The van der Waals surface area contributed by atoms with Gasteiger partial charge in [-0.05, 0) is 45.7 Å². The Labute approximate surface area is 108 Å². The predicted molar refractivity (Wildman–Crippen MR) is 75.6 cm³/mol. The molecule has 0 aliphatic carbocycles. The SMILES string of the molecule is Cc1cc(C)c(-c2nc(C(C)N)[nH]c2C)c(C)c1. The fourth-order valence-corrected chi connectivity index (χ4v) is 2.50. The number of imidazole rings is 1. The van der Waals surface area contributed by atoms with Crippen LogP contribution < -0.4 is 5.73 Å². The van der Waals surface area contributed by atoms with E-state index in [0.29, 0.717) is 0 Å². The molecule has 0 aliphatic heterocycles. The smallest absolute Gasteiger partial charge is 0.123 e. The van der Waals surface area contributed by atoms with Gasteiger partial charge in [0.15, 0.2) is 0 Å². The Morgan fingerprint density at radius 1 is 1.11 bits per heavy atom. The number of nitrogens with two attached hydrogens (primary N) is 1. The normalized spacial score (nSPS) is 12.8. The highest BCUT2D eigenvalue weighted by Crippen LogP contribution is 2.30. The highest BCUT2D eigenvalue weighted by Gasteiger charge is 2.15. The molecule has 18 heavy (non-hydrogen) atoms. The molecule has 1 aromatic carbocycles. The minimum Gasteiger partial charge on any atom is -0.344 e. The summed E-state index contributed by atoms with van der Waals surface area (Å²) in [6.45, 7) is 10.4. The maximum atomic E-state index is 5.88. The molecule has 3 heteroatoms. The van der Waals surface area contributed by atoms with E-state index in [1.54, 1.807) is 0 Å². The molecule has 0 radical (unpaired) electrons. The van der Waals surface area contributed by atoms with E-state index >= 15 is 0 Å². The van der Waals surface area contributed by atoms with Crippen LogP contribution in [0.4, 0.5) is 0 Å². The largest absolute Gasteiger partial charge is 0.344 e. The average Bonchev–Trinajstić information content (AvgIpc) is 2.59. The second-order valence-electron chi connectivity index (χ2n) is 5.16. The van der Waals surface area contributed by atoms with Gasteiger partial charge in [-0.1, -0.05) is 17.7 Å². The van der Waals surface area contributed by atoms with Crippen molar-refractivity contribution in [1.29, 1.82) is 0 Å². The number of aromatic amines is 1. The second kappa shape index (κ2) is 4.58. The summed E-state index contributed by atoms with van der Waals surface area (Å²) in [5.41, 5.74) is 13.0. The van der Waals surface area contributed by atoms with Crippen LogP contribution in [-0.2, 0) is 0 Å². The number of hydrogen-bond acceptors (Lipinski definition) is 2. The van der Waals surface area contributed by atoms with Crippen molar-refractivity contribution in [2.24, 2.45) is 5.73 Å². The number of aryl methyl sites for hydroxylation is 4. The summed E-state index contributed by atoms with van der Waals surface area (Å²) < 4.78 is 0. The molecule has 0 aliphatic rings. The minimum absolute atomic E-state index is 0.0662. The molecule has 0 bridgehead atoms. The first kappa shape index (κ1) is 12.8. The van der Waals surface area contributed by atoms with Crippen molar-refractivity contribution < 1.29 is 0 Å². The standard InChI is InChI=1S/C15H21N3/c1-8-6-9(2)13(10(3)7-8)14-12(5)17-15(18-14)11(4)16/h6-7,11H,16H2,1-5H3,(H,17,18). The Kier molecular flexibility index (Phi) is 3.26. The van der Waals surface area contributed by atoms with E-state index in [-0.39, 0.29) is 6.04 Å². The van der Waals surface area contributed by atoms with Crippen LogP contribution in [0.2, 0.25) is 0 Å². The highest BCUT2D eigenvalue weighted by atomic mass is 15.0. The van der Waals surface area contributed by atoms with Crippen LogP contribution in [0.5, 0.6) is 0 Å². The van der Waals surface area contributed by atoms with Crippen molar-refractivity contribution in [3.05, 3.63) is 40.3 Å². The summed E-state index contributed by atoms with van der Waals surface area (Å²) in [6, 6.07) is 4.33. The first-order valence-corrected chi connectivity index (χ1v) is 6.30. The molecule has 0 saturated carbocycles. The fourth-order valence-electron chi connectivity index (χ4n) is 2.50. The number of nitrogens with one attached hydrogen (secondary N) is 1. The summed E-state index contributed by atoms with van der Waals surface area (Å²) >= 11 is 0. The Morgan fingerprint density at radius 2 is 1.67 bits per heavy atom. The van der Waals surface area contributed by atoms with E-state index < -0.39 is 0 Å². The molecule has 2 aromatic rings. The summed E-state index contributed by atoms with van der Waals surface area (Å²) in [5.74, 6) is 0.849. The van der Waals surface area contributed by atoms with Crippen molar-refractivity contribution in [1.82, 2.24) is 9.97 Å². The summed E-state index contributed by atoms with van der Waals surface area (Å²) in [5, 5.41) is 0. The van der Waals surface area contributed by atoms with Crippen LogP contribution in [0.1, 0.15) is 41.2 Å². The number of aromatic nitrogens is 2. The third kappa shape index (κ3) is 2.18. The molecular formula is C15H21N3. The van der Waals surface area contributed by atoms with Gasteiger partial charge in [0.2, 0.25) is 0 Å². The number of hydrogen-bond donors (Lipinski definition) is 2. The number of H-pyrrole nitrogens is 1. The number of rotatable bonds is 2. The molecule has 96 valence electrons. The zero-order valence-electron chi connectivity index (χ0n) is 11.8.